The van der Waals surface area contributed by atoms with Crippen LogP contribution in [0.1, 0.15) is 37.7 Å². The molecule has 0 spiro atoms. The number of hydrogen-bond donors (Lipinski definition) is 1. The summed E-state index contributed by atoms with van der Waals surface area (Å²) in [6.45, 7) is 0. The molecule has 4 nitrogen and oxygen atoms in total. The zero-order chi connectivity index (χ0) is 13.7. The van der Waals surface area contributed by atoms with Gasteiger partial charge in [-0.25, -0.2) is 0 Å². The van der Waals surface area contributed by atoms with E-state index >= 15 is 0 Å². The van der Waals surface area contributed by atoms with Crippen LogP contribution in [-0.4, -0.2) is 24.3 Å². The maximum absolute atomic E-state index is 10.5. The van der Waals surface area contributed by atoms with E-state index in [0.29, 0.717) is 12.5 Å². The second-order valence-corrected chi connectivity index (χ2v) is 4.90. The lowest BCUT2D eigenvalue weighted by molar-refractivity contribution is -0.137. The minimum absolute atomic E-state index is 0.199. The minimum atomic E-state index is -0.751. The smallest absolute Gasteiger partial charge is 0.303 e. The maximum atomic E-state index is 10.5. The first-order chi connectivity index (χ1) is 9.19. The molecule has 0 unspecified atom stereocenters. The molecule has 1 aromatic rings. The fraction of sp³-hybridized carbons (Fsp3) is 0.533. The highest BCUT2D eigenvalue weighted by atomic mass is 16.5. The number of carbonyl (C=O) groups is 1. The van der Waals surface area contributed by atoms with Crippen molar-refractivity contribution in [2.24, 2.45) is 0 Å². The molecule has 0 atom stereocenters. The van der Waals surface area contributed by atoms with Gasteiger partial charge in [0.15, 0.2) is 11.5 Å². The minimum Gasteiger partial charge on any atom is -0.493 e. The molecule has 4 heteroatoms. The molecule has 0 aliphatic heterocycles. The van der Waals surface area contributed by atoms with E-state index in [9.17, 15) is 4.79 Å². The molecule has 1 fully saturated rings. The quantitative estimate of drug-likeness (QED) is 0.822. The monoisotopic (exact) mass is 264 g/mol. The Balaban J connectivity index is 1.99. The number of ether oxygens (including phenoxy) is 2. The lowest BCUT2D eigenvalue weighted by Gasteiger charge is -2.27. The molecule has 1 aromatic carbocycles. The molecule has 19 heavy (non-hydrogen) atoms. The van der Waals surface area contributed by atoms with Crippen LogP contribution in [0, 0.1) is 0 Å². The number of carboxylic acid groups (broad SMARTS) is 1. The zero-order valence-corrected chi connectivity index (χ0v) is 11.2. The van der Waals surface area contributed by atoms with Crippen LogP contribution in [0.15, 0.2) is 18.2 Å². The zero-order valence-electron chi connectivity index (χ0n) is 11.2. The Morgan fingerprint density at radius 2 is 2.16 bits per heavy atom. The van der Waals surface area contributed by atoms with Gasteiger partial charge in [-0.1, -0.05) is 6.07 Å². The Morgan fingerprint density at radius 3 is 2.74 bits per heavy atom. The summed E-state index contributed by atoms with van der Waals surface area (Å²) in [5.74, 6) is 0.772. The number of hydrogen-bond acceptors (Lipinski definition) is 3. The first-order valence-electron chi connectivity index (χ1n) is 6.74. The van der Waals surface area contributed by atoms with Gasteiger partial charge in [0.25, 0.3) is 0 Å². The highest BCUT2D eigenvalue weighted by Gasteiger charge is 2.20. The summed E-state index contributed by atoms with van der Waals surface area (Å²) in [5, 5.41) is 8.64. The molecule has 1 saturated carbocycles. The van der Waals surface area contributed by atoms with Crippen LogP contribution in [0.2, 0.25) is 0 Å². The maximum Gasteiger partial charge on any atom is 0.303 e. The van der Waals surface area contributed by atoms with Gasteiger partial charge < -0.3 is 14.6 Å². The number of carboxylic acids is 1. The first-order valence-corrected chi connectivity index (χ1v) is 6.74. The van der Waals surface area contributed by atoms with Gasteiger partial charge in [-0.3, -0.25) is 4.79 Å². The normalized spacial score (nSPS) is 14.8. The summed E-state index contributed by atoms with van der Waals surface area (Å²) < 4.78 is 11.2. The molecule has 0 heterocycles. The summed E-state index contributed by atoms with van der Waals surface area (Å²) in [5.41, 5.74) is 1.09. The summed E-state index contributed by atoms with van der Waals surface area (Å²) >= 11 is 0. The summed E-state index contributed by atoms with van der Waals surface area (Å²) in [7, 11) is 1.63. The number of rotatable bonds is 7. The van der Waals surface area contributed by atoms with Gasteiger partial charge in [-0.15, -0.1) is 0 Å². The second kappa shape index (κ2) is 6.45. The lowest BCUT2D eigenvalue weighted by atomic mass is 9.96. The van der Waals surface area contributed by atoms with Crippen molar-refractivity contribution in [1.29, 1.82) is 0 Å². The Bertz CT molecular complexity index is 438. The van der Waals surface area contributed by atoms with Crippen molar-refractivity contribution in [1.82, 2.24) is 0 Å². The van der Waals surface area contributed by atoms with Crippen molar-refractivity contribution in [2.45, 2.75) is 44.6 Å². The van der Waals surface area contributed by atoms with E-state index in [4.69, 9.17) is 14.6 Å². The number of benzene rings is 1. The van der Waals surface area contributed by atoms with Crippen LogP contribution >= 0.6 is 0 Å². The fourth-order valence-electron chi connectivity index (χ4n) is 2.08. The topological polar surface area (TPSA) is 55.8 Å². The third-order valence-corrected chi connectivity index (χ3v) is 3.43. The summed E-state index contributed by atoms with van der Waals surface area (Å²) in [6.07, 6.45) is 5.33. The third-order valence-electron chi connectivity index (χ3n) is 3.43. The van der Waals surface area contributed by atoms with Crippen molar-refractivity contribution in [3.05, 3.63) is 23.8 Å². The van der Waals surface area contributed by atoms with Crippen molar-refractivity contribution in [3.8, 4) is 11.5 Å². The molecule has 0 amide bonds. The third kappa shape index (κ3) is 3.88. The largest absolute Gasteiger partial charge is 0.493 e. The van der Waals surface area contributed by atoms with E-state index < -0.39 is 5.97 Å². The Kier molecular flexibility index (Phi) is 4.66. The highest BCUT2D eigenvalue weighted by Crippen LogP contribution is 2.33. The van der Waals surface area contributed by atoms with Crippen LogP contribution in [-0.2, 0) is 11.2 Å². The van der Waals surface area contributed by atoms with Gasteiger partial charge in [-0.2, -0.15) is 0 Å². The average molecular weight is 264 g/mol. The van der Waals surface area contributed by atoms with E-state index in [2.05, 4.69) is 0 Å². The van der Waals surface area contributed by atoms with Gasteiger partial charge in [-0.05, 0) is 49.8 Å². The lowest BCUT2D eigenvalue weighted by Crippen LogP contribution is -2.24. The van der Waals surface area contributed by atoms with Gasteiger partial charge in [0, 0.05) is 6.42 Å². The molecular formula is C15H20O4. The van der Waals surface area contributed by atoms with Crippen molar-refractivity contribution < 1.29 is 19.4 Å². The van der Waals surface area contributed by atoms with Crippen molar-refractivity contribution >= 4 is 5.97 Å². The summed E-state index contributed by atoms with van der Waals surface area (Å²) in [6, 6.07) is 5.83. The molecule has 1 N–H and O–H groups in total. The molecule has 2 rings (SSSR count). The van der Waals surface area contributed by atoms with Crippen LogP contribution < -0.4 is 9.47 Å². The van der Waals surface area contributed by atoms with Gasteiger partial charge in [0.1, 0.15) is 0 Å². The number of aryl methyl sites for hydroxylation is 1. The Labute approximate surface area is 113 Å². The van der Waals surface area contributed by atoms with Crippen LogP contribution in [0.25, 0.3) is 0 Å². The number of aliphatic carboxylic acids is 1. The van der Waals surface area contributed by atoms with Gasteiger partial charge in [0.2, 0.25) is 0 Å². The molecule has 104 valence electrons. The highest BCUT2D eigenvalue weighted by molar-refractivity contribution is 5.66. The molecular weight excluding hydrogens is 244 g/mol. The van der Waals surface area contributed by atoms with Crippen molar-refractivity contribution in [2.75, 3.05) is 7.11 Å². The second-order valence-electron chi connectivity index (χ2n) is 4.90. The van der Waals surface area contributed by atoms with Crippen molar-refractivity contribution in [3.63, 3.8) is 0 Å². The molecule has 1 aliphatic rings. The van der Waals surface area contributed by atoms with E-state index in [-0.39, 0.29) is 6.42 Å². The predicted molar refractivity (Wildman–Crippen MR) is 71.8 cm³/mol. The Hall–Kier alpha value is -1.71. The molecule has 0 aromatic heterocycles. The van der Waals surface area contributed by atoms with Crippen LogP contribution in [0.4, 0.5) is 0 Å². The number of methoxy groups -OCH3 is 1. The standard InChI is InChI=1S/C15H20O4/c1-18-13-9-8-11(4-2-7-15(16)17)10-14(13)19-12-5-3-6-12/h8-10,12H,2-7H2,1H3,(H,16,17). The predicted octanol–water partition coefficient (Wildman–Crippen LogP) is 3.03. The first kappa shape index (κ1) is 13.7. The Morgan fingerprint density at radius 1 is 1.37 bits per heavy atom. The fourth-order valence-corrected chi connectivity index (χ4v) is 2.08. The van der Waals surface area contributed by atoms with Gasteiger partial charge >= 0.3 is 5.97 Å². The SMILES string of the molecule is COc1ccc(CCCC(=O)O)cc1OC1CCC1. The van der Waals surface area contributed by atoms with Crippen LogP contribution in [0.5, 0.6) is 11.5 Å². The molecule has 0 saturated heterocycles. The molecule has 0 bridgehead atoms. The van der Waals surface area contributed by atoms with E-state index in [1.54, 1.807) is 7.11 Å². The average Bonchev–Trinajstić information content (AvgIpc) is 2.33. The van der Waals surface area contributed by atoms with E-state index in [1.165, 1.54) is 6.42 Å². The summed E-state index contributed by atoms with van der Waals surface area (Å²) in [4.78, 5) is 10.5. The van der Waals surface area contributed by atoms with E-state index in [0.717, 1.165) is 36.3 Å². The van der Waals surface area contributed by atoms with E-state index in [1.807, 2.05) is 18.2 Å². The van der Waals surface area contributed by atoms with Crippen LogP contribution in [0.3, 0.4) is 0 Å². The molecule has 0 radical (unpaired) electrons. The van der Waals surface area contributed by atoms with Gasteiger partial charge in [0.05, 0.1) is 13.2 Å². The molecule has 1 aliphatic carbocycles.